The molecular formula is C21H27N7O3S2. The smallest absolute Gasteiger partial charge is 0.251 e. The Balaban J connectivity index is 1.48. The van der Waals surface area contributed by atoms with Crippen LogP contribution in [0.1, 0.15) is 36.5 Å². The normalized spacial score (nSPS) is 14.5. The number of sulfonamides is 1. The summed E-state index contributed by atoms with van der Waals surface area (Å²) in [5.74, 6) is 1.50. The van der Waals surface area contributed by atoms with Gasteiger partial charge >= 0.3 is 0 Å². The van der Waals surface area contributed by atoms with Crippen LogP contribution in [-0.4, -0.2) is 59.5 Å². The van der Waals surface area contributed by atoms with Crippen molar-refractivity contribution in [2.45, 2.75) is 42.8 Å². The van der Waals surface area contributed by atoms with Crippen molar-refractivity contribution < 1.29 is 13.2 Å². The minimum absolute atomic E-state index is 0.0352. The van der Waals surface area contributed by atoms with Gasteiger partial charge in [-0.1, -0.05) is 18.7 Å². The number of thioether (sulfide) groups is 1. The molecule has 3 aromatic rings. The lowest BCUT2D eigenvalue weighted by molar-refractivity contribution is 0.0952. The van der Waals surface area contributed by atoms with E-state index in [-0.39, 0.29) is 10.8 Å². The fraction of sp³-hybridized carbons (Fsp3) is 0.429. The molecule has 1 fully saturated rings. The van der Waals surface area contributed by atoms with E-state index in [0.717, 1.165) is 53.7 Å². The number of fused-ring (bicyclic) bond motifs is 1. The van der Waals surface area contributed by atoms with Crippen LogP contribution in [0.5, 0.6) is 0 Å². The number of hydrogen-bond donors (Lipinski definition) is 2. The molecule has 2 aromatic heterocycles. The van der Waals surface area contributed by atoms with E-state index in [9.17, 15) is 13.2 Å². The van der Waals surface area contributed by atoms with E-state index >= 15 is 0 Å². The zero-order valence-corrected chi connectivity index (χ0v) is 20.0. The maximum atomic E-state index is 12.4. The van der Waals surface area contributed by atoms with E-state index < -0.39 is 10.0 Å². The highest BCUT2D eigenvalue weighted by Crippen LogP contribution is 2.29. The van der Waals surface area contributed by atoms with Gasteiger partial charge in [0.2, 0.25) is 10.0 Å². The largest absolute Gasteiger partial charge is 0.356 e. The van der Waals surface area contributed by atoms with Crippen LogP contribution in [0.4, 0.5) is 5.82 Å². The number of nitrogens with one attached hydrogen (secondary N) is 1. The Labute approximate surface area is 197 Å². The molecule has 3 N–H and O–H groups in total. The Hall–Kier alpha value is -2.70. The molecular weight excluding hydrogens is 462 g/mol. The van der Waals surface area contributed by atoms with Crippen LogP contribution >= 0.6 is 11.8 Å². The maximum Gasteiger partial charge on any atom is 0.251 e. The number of primary sulfonamides is 1. The second-order valence-corrected chi connectivity index (χ2v) is 10.5. The molecule has 0 spiro atoms. The first kappa shape index (κ1) is 23.5. The van der Waals surface area contributed by atoms with Crippen molar-refractivity contribution in [3.05, 3.63) is 36.0 Å². The van der Waals surface area contributed by atoms with Crippen LogP contribution in [0, 0.1) is 0 Å². The molecule has 4 rings (SSSR count). The van der Waals surface area contributed by atoms with E-state index in [1.807, 2.05) is 0 Å². The molecule has 0 unspecified atom stereocenters. The third kappa shape index (κ3) is 5.45. The van der Waals surface area contributed by atoms with Crippen LogP contribution in [-0.2, 0) is 16.6 Å². The highest BCUT2D eigenvalue weighted by atomic mass is 32.2. The van der Waals surface area contributed by atoms with Gasteiger partial charge < -0.3 is 10.2 Å². The van der Waals surface area contributed by atoms with Gasteiger partial charge in [0.1, 0.15) is 5.82 Å². The summed E-state index contributed by atoms with van der Waals surface area (Å²) in [5.41, 5.74) is 1.11. The molecule has 0 aliphatic carbocycles. The van der Waals surface area contributed by atoms with Gasteiger partial charge in [-0.15, -0.1) is 0 Å². The molecule has 10 nitrogen and oxygen atoms in total. The second-order valence-electron chi connectivity index (χ2n) is 7.74. The summed E-state index contributed by atoms with van der Waals surface area (Å²) < 4.78 is 24.5. The molecule has 12 heteroatoms. The van der Waals surface area contributed by atoms with Crippen LogP contribution in [0.25, 0.3) is 11.0 Å². The summed E-state index contributed by atoms with van der Waals surface area (Å²) in [5, 5.41) is 14.1. The first-order valence-corrected chi connectivity index (χ1v) is 13.4. The van der Waals surface area contributed by atoms with Crippen molar-refractivity contribution in [1.29, 1.82) is 0 Å². The van der Waals surface area contributed by atoms with Crippen molar-refractivity contribution in [1.82, 2.24) is 25.1 Å². The number of carbonyl (C=O) groups excluding carboxylic acids is 1. The molecule has 0 atom stereocenters. The van der Waals surface area contributed by atoms with Gasteiger partial charge in [0, 0.05) is 25.2 Å². The minimum Gasteiger partial charge on any atom is -0.356 e. The summed E-state index contributed by atoms with van der Waals surface area (Å²) in [7, 11) is -3.79. The Bertz CT molecular complexity index is 1240. The molecule has 3 heterocycles. The average molecular weight is 490 g/mol. The SMILES string of the molecule is CCSc1nc(N2CCCCC2)c2cnn(CCNC(=O)c3ccc(S(N)(=O)=O)cc3)c2n1. The van der Waals surface area contributed by atoms with Crippen LogP contribution in [0.2, 0.25) is 0 Å². The fourth-order valence-corrected chi connectivity index (χ4v) is 4.87. The van der Waals surface area contributed by atoms with E-state index in [2.05, 4.69) is 22.2 Å². The molecule has 1 amide bonds. The molecule has 0 bridgehead atoms. The number of benzene rings is 1. The summed E-state index contributed by atoms with van der Waals surface area (Å²) in [6, 6.07) is 5.50. The molecule has 1 saturated heterocycles. The number of rotatable bonds is 8. The molecule has 33 heavy (non-hydrogen) atoms. The standard InChI is InChI=1S/C21H27N7O3S2/c1-2-32-21-25-18(27-11-4-3-5-12-27)17-14-24-28(19(17)26-21)13-10-23-20(29)15-6-8-16(9-7-15)33(22,30)31/h6-9,14H,2-5,10-13H2,1H3,(H,23,29)(H2,22,30,31). The van der Waals surface area contributed by atoms with Gasteiger partial charge in [-0.2, -0.15) is 5.10 Å². The predicted octanol–water partition coefficient (Wildman–Crippen LogP) is 2.01. The number of piperidine rings is 1. The summed E-state index contributed by atoms with van der Waals surface area (Å²) in [4.78, 5) is 24.2. The zero-order chi connectivity index (χ0) is 23.4. The van der Waals surface area contributed by atoms with Gasteiger partial charge in [-0.25, -0.2) is 28.2 Å². The zero-order valence-electron chi connectivity index (χ0n) is 18.4. The third-order valence-electron chi connectivity index (χ3n) is 5.44. The van der Waals surface area contributed by atoms with Crippen molar-refractivity contribution in [3.8, 4) is 0 Å². The molecule has 1 aliphatic heterocycles. The highest BCUT2D eigenvalue weighted by molar-refractivity contribution is 7.99. The Morgan fingerprint density at radius 1 is 1.15 bits per heavy atom. The van der Waals surface area contributed by atoms with Crippen molar-refractivity contribution in [3.63, 3.8) is 0 Å². The van der Waals surface area contributed by atoms with E-state index in [1.54, 1.807) is 22.6 Å². The van der Waals surface area contributed by atoms with Gasteiger partial charge in [-0.3, -0.25) is 4.79 Å². The average Bonchev–Trinajstić information content (AvgIpc) is 3.21. The van der Waals surface area contributed by atoms with Crippen molar-refractivity contribution in [2.75, 3.05) is 30.3 Å². The molecule has 176 valence electrons. The van der Waals surface area contributed by atoms with Crippen molar-refractivity contribution >= 4 is 44.5 Å². The number of nitrogens with two attached hydrogens (primary N) is 1. The Kier molecular flexibility index (Phi) is 7.15. The third-order valence-corrected chi connectivity index (χ3v) is 7.10. The predicted molar refractivity (Wildman–Crippen MR) is 128 cm³/mol. The minimum atomic E-state index is -3.79. The molecule has 0 saturated carbocycles. The number of aromatic nitrogens is 4. The maximum absolute atomic E-state index is 12.4. The number of hydrogen-bond acceptors (Lipinski definition) is 8. The summed E-state index contributed by atoms with van der Waals surface area (Å²) in [6.07, 6.45) is 5.35. The number of nitrogens with zero attached hydrogens (tertiary/aromatic N) is 5. The van der Waals surface area contributed by atoms with Gasteiger partial charge in [0.25, 0.3) is 5.91 Å². The topological polar surface area (TPSA) is 136 Å². The quantitative estimate of drug-likeness (QED) is 0.362. The van der Waals surface area contributed by atoms with E-state index in [0.29, 0.717) is 18.7 Å². The first-order chi connectivity index (χ1) is 15.9. The summed E-state index contributed by atoms with van der Waals surface area (Å²) >= 11 is 1.60. The van der Waals surface area contributed by atoms with Gasteiger partial charge in [0.15, 0.2) is 10.8 Å². The van der Waals surface area contributed by atoms with Crippen molar-refractivity contribution in [2.24, 2.45) is 5.14 Å². The van der Waals surface area contributed by atoms with Crippen LogP contribution in [0.3, 0.4) is 0 Å². The second kappa shape index (κ2) is 10.1. The van der Waals surface area contributed by atoms with E-state index in [4.69, 9.17) is 15.1 Å². The lowest BCUT2D eigenvalue weighted by Gasteiger charge is -2.28. The fourth-order valence-electron chi connectivity index (χ4n) is 3.80. The van der Waals surface area contributed by atoms with Crippen LogP contribution in [0.15, 0.2) is 40.5 Å². The first-order valence-electron chi connectivity index (χ1n) is 10.9. The van der Waals surface area contributed by atoms with E-state index in [1.165, 1.54) is 30.7 Å². The molecule has 0 radical (unpaired) electrons. The number of anilines is 1. The number of amides is 1. The lowest BCUT2D eigenvalue weighted by Crippen LogP contribution is -2.30. The Morgan fingerprint density at radius 3 is 2.55 bits per heavy atom. The van der Waals surface area contributed by atoms with Crippen LogP contribution < -0.4 is 15.4 Å². The van der Waals surface area contributed by atoms with Gasteiger partial charge in [0.05, 0.1) is 23.0 Å². The number of carbonyl (C=O) groups is 1. The highest BCUT2D eigenvalue weighted by Gasteiger charge is 2.20. The molecule has 1 aliphatic rings. The monoisotopic (exact) mass is 489 g/mol. The summed E-state index contributed by atoms with van der Waals surface area (Å²) in [6.45, 7) is 4.81. The lowest BCUT2D eigenvalue weighted by atomic mass is 10.1. The molecule has 1 aromatic carbocycles. The van der Waals surface area contributed by atoms with Gasteiger partial charge in [-0.05, 0) is 49.3 Å². The Morgan fingerprint density at radius 2 is 1.88 bits per heavy atom.